The molecule has 0 radical (unpaired) electrons. The third-order valence-corrected chi connectivity index (χ3v) is 5.66. The van der Waals surface area contributed by atoms with Crippen molar-refractivity contribution in [3.05, 3.63) is 40.6 Å². The number of fused-ring (bicyclic) bond motifs is 1. The van der Waals surface area contributed by atoms with Gasteiger partial charge in [-0.3, -0.25) is 0 Å². The first-order valence-electron chi connectivity index (χ1n) is 6.94. The summed E-state index contributed by atoms with van der Waals surface area (Å²) in [5, 5.41) is 5.83. The number of hydrogen-bond donors (Lipinski definition) is 1. The summed E-state index contributed by atoms with van der Waals surface area (Å²) >= 11 is 3.72. The van der Waals surface area contributed by atoms with Gasteiger partial charge in [0.15, 0.2) is 0 Å². The smallest absolute Gasteiger partial charge is 0.110 e. The number of thiophene rings is 2. The number of aryl methyl sites for hydroxylation is 1. The molecule has 5 heteroatoms. The Kier molecular flexibility index (Phi) is 4.19. The highest BCUT2D eigenvalue weighted by molar-refractivity contribution is 7.26. The molecule has 3 rings (SSSR count). The molecule has 0 saturated heterocycles. The number of rotatable bonds is 6. The Morgan fingerprint density at radius 2 is 2.30 bits per heavy atom. The van der Waals surface area contributed by atoms with Crippen LogP contribution in [0, 0.1) is 0 Å². The van der Waals surface area contributed by atoms with Crippen molar-refractivity contribution in [2.24, 2.45) is 7.05 Å². The Balaban J connectivity index is 1.85. The van der Waals surface area contributed by atoms with Gasteiger partial charge in [0.1, 0.15) is 5.82 Å². The summed E-state index contributed by atoms with van der Waals surface area (Å²) in [6, 6.07) is 4.91. The molecule has 0 spiro atoms. The van der Waals surface area contributed by atoms with Gasteiger partial charge in [-0.05, 0) is 30.5 Å². The highest BCUT2D eigenvalue weighted by Crippen LogP contribution is 2.34. The van der Waals surface area contributed by atoms with E-state index in [-0.39, 0.29) is 0 Å². The second kappa shape index (κ2) is 6.08. The van der Waals surface area contributed by atoms with Gasteiger partial charge in [0, 0.05) is 46.2 Å². The van der Waals surface area contributed by atoms with E-state index in [2.05, 4.69) is 46.4 Å². The van der Waals surface area contributed by atoms with Crippen molar-refractivity contribution < 1.29 is 0 Å². The minimum Gasteiger partial charge on any atom is -0.338 e. The summed E-state index contributed by atoms with van der Waals surface area (Å²) in [4.78, 5) is 5.88. The molecule has 0 bridgehead atoms. The average molecular weight is 305 g/mol. The Morgan fingerprint density at radius 1 is 1.40 bits per heavy atom. The lowest BCUT2D eigenvalue weighted by molar-refractivity contribution is 0.519. The molecule has 1 atom stereocenters. The molecule has 0 saturated carbocycles. The van der Waals surface area contributed by atoms with Gasteiger partial charge in [-0.1, -0.05) is 6.92 Å². The quantitative estimate of drug-likeness (QED) is 0.746. The van der Waals surface area contributed by atoms with Crippen LogP contribution in [-0.2, 0) is 13.5 Å². The van der Waals surface area contributed by atoms with Crippen LogP contribution < -0.4 is 5.32 Å². The predicted octanol–water partition coefficient (Wildman–Crippen LogP) is 3.98. The molecule has 3 nitrogen and oxygen atoms in total. The van der Waals surface area contributed by atoms with Crippen LogP contribution in [-0.4, -0.2) is 16.1 Å². The van der Waals surface area contributed by atoms with Gasteiger partial charge in [0.05, 0.1) is 0 Å². The van der Waals surface area contributed by atoms with Crippen LogP contribution >= 0.6 is 22.7 Å². The number of nitrogens with zero attached hydrogens (tertiary/aromatic N) is 2. The summed E-state index contributed by atoms with van der Waals surface area (Å²) in [6.45, 7) is 3.25. The molecule has 1 N–H and O–H groups in total. The molecule has 1 unspecified atom stereocenters. The summed E-state index contributed by atoms with van der Waals surface area (Å²) in [5.74, 6) is 1.13. The molecule has 0 aliphatic heterocycles. The van der Waals surface area contributed by atoms with E-state index in [9.17, 15) is 0 Å². The van der Waals surface area contributed by atoms with Crippen LogP contribution in [0.15, 0.2) is 29.9 Å². The Morgan fingerprint density at radius 3 is 3.00 bits per heavy atom. The fraction of sp³-hybridized carbons (Fsp3) is 0.400. The minimum atomic E-state index is 0.362. The van der Waals surface area contributed by atoms with E-state index in [1.54, 1.807) is 0 Å². The van der Waals surface area contributed by atoms with E-state index in [4.69, 9.17) is 0 Å². The van der Waals surface area contributed by atoms with Crippen molar-refractivity contribution in [3.8, 4) is 0 Å². The Bertz CT molecular complexity index is 651. The first-order chi connectivity index (χ1) is 9.78. The van der Waals surface area contributed by atoms with Crippen molar-refractivity contribution in [2.75, 3.05) is 6.54 Å². The molecule has 20 heavy (non-hydrogen) atoms. The van der Waals surface area contributed by atoms with E-state index in [0.717, 1.165) is 25.2 Å². The maximum absolute atomic E-state index is 4.46. The minimum absolute atomic E-state index is 0.362. The second-order valence-electron chi connectivity index (χ2n) is 4.96. The van der Waals surface area contributed by atoms with Crippen LogP contribution in [0.3, 0.4) is 0 Å². The van der Waals surface area contributed by atoms with Gasteiger partial charge in [-0.2, -0.15) is 0 Å². The molecule has 3 aromatic rings. The molecule has 0 aromatic carbocycles. The highest BCUT2D eigenvalue weighted by Gasteiger charge is 2.17. The first-order valence-corrected chi connectivity index (χ1v) is 8.64. The monoisotopic (exact) mass is 305 g/mol. The van der Waals surface area contributed by atoms with E-state index >= 15 is 0 Å². The maximum Gasteiger partial charge on any atom is 0.110 e. The van der Waals surface area contributed by atoms with Gasteiger partial charge in [-0.15, -0.1) is 22.7 Å². The predicted molar refractivity (Wildman–Crippen MR) is 87.6 cm³/mol. The molecule has 106 valence electrons. The zero-order chi connectivity index (χ0) is 13.9. The largest absolute Gasteiger partial charge is 0.338 e. The number of hydrogen-bond acceptors (Lipinski definition) is 4. The third-order valence-electron chi connectivity index (χ3n) is 3.45. The fourth-order valence-corrected chi connectivity index (χ4v) is 4.52. The number of imidazole rings is 1. The van der Waals surface area contributed by atoms with Crippen molar-refractivity contribution in [2.45, 2.75) is 25.8 Å². The van der Waals surface area contributed by atoms with E-state index in [1.165, 1.54) is 14.3 Å². The SMILES string of the molecule is CCCNC(Cc1nccn1C)c1cc2sccc2s1. The average Bonchev–Trinajstić information content (AvgIpc) is 3.10. The van der Waals surface area contributed by atoms with E-state index in [1.807, 2.05) is 35.1 Å². The zero-order valence-corrected chi connectivity index (χ0v) is 13.4. The number of aromatic nitrogens is 2. The molecular weight excluding hydrogens is 286 g/mol. The zero-order valence-electron chi connectivity index (χ0n) is 11.8. The lowest BCUT2D eigenvalue weighted by atomic mass is 10.1. The molecule has 0 fully saturated rings. The van der Waals surface area contributed by atoms with Gasteiger partial charge < -0.3 is 9.88 Å². The van der Waals surface area contributed by atoms with Gasteiger partial charge in [-0.25, -0.2) is 4.98 Å². The summed E-state index contributed by atoms with van der Waals surface area (Å²) in [5.41, 5.74) is 0. The van der Waals surface area contributed by atoms with Crippen LogP contribution in [0.4, 0.5) is 0 Å². The van der Waals surface area contributed by atoms with Crippen LogP contribution in [0.1, 0.15) is 30.1 Å². The molecule has 0 aliphatic rings. The third kappa shape index (κ3) is 2.80. The molecular formula is C15H19N3S2. The van der Waals surface area contributed by atoms with Gasteiger partial charge in [0.2, 0.25) is 0 Å². The van der Waals surface area contributed by atoms with Gasteiger partial charge >= 0.3 is 0 Å². The molecule has 3 heterocycles. The van der Waals surface area contributed by atoms with Crippen molar-refractivity contribution >= 4 is 32.1 Å². The second-order valence-corrected chi connectivity index (χ2v) is 7.03. The van der Waals surface area contributed by atoms with Crippen LogP contribution in [0.5, 0.6) is 0 Å². The normalized spacial score (nSPS) is 13.1. The summed E-state index contributed by atoms with van der Waals surface area (Å²) in [7, 11) is 2.06. The van der Waals surface area contributed by atoms with Crippen molar-refractivity contribution in [1.29, 1.82) is 0 Å². The molecule has 0 amide bonds. The first kappa shape index (κ1) is 13.8. The van der Waals surface area contributed by atoms with Crippen LogP contribution in [0.25, 0.3) is 9.40 Å². The van der Waals surface area contributed by atoms with Crippen molar-refractivity contribution in [3.63, 3.8) is 0 Å². The summed E-state index contributed by atoms with van der Waals surface area (Å²) < 4.78 is 4.90. The van der Waals surface area contributed by atoms with E-state index < -0.39 is 0 Å². The van der Waals surface area contributed by atoms with Crippen molar-refractivity contribution in [1.82, 2.24) is 14.9 Å². The highest BCUT2D eigenvalue weighted by atomic mass is 32.1. The standard InChI is InChI=1S/C15H19N3S2/c1-3-5-16-11(9-15-17-6-7-18(15)2)13-10-14-12(20-13)4-8-19-14/h4,6-8,10-11,16H,3,5,9H2,1-2H3. The lowest BCUT2D eigenvalue weighted by Gasteiger charge is -2.16. The number of nitrogens with one attached hydrogen (secondary N) is 1. The fourth-order valence-electron chi connectivity index (χ4n) is 2.32. The Hall–Kier alpha value is -1.17. The lowest BCUT2D eigenvalue weighted by Crippen LogP contribution is -2.24. The van der Waals surface area contributed by atoms with Gasteiger partial charge in [0.25, 0.3) is 0 Å². The summed E-state index contributed by atoms with van der Waals surface area (Å²) in [6.07, 6.45) is 5.98. The molecule has 3 aromatic heterocycles. The van der Waals surface area contributed by atoms with Crippen LogP contribution in [0.2, 0.25) is 0 Å². The Labute approximate surface area is 127 Å². The molecule has 0 aliphatic carbocycles. The maximum atomic E-state index is 4.46. The van der Waals surface area contributed by atoms with E-state index in [0.29, 0.717) is 6.04 Å². The topological polar surface area (TPSA) is 29.9 Å².